The van der Waals surface area contributed by atoms with Crippen molar-refractivity contribution in [3.05, 3.63) is 45.3 Å². The van der Waals surface area contributed by atoms with Crippen molar-refractivity contribution in [2.75, 3.05) is 18.1 Å². The minimum atomic E-state index is -0.291. The van der Waals surface area contributed by atoms with E-state index >= 15 is 0 Å². The zero-order chi connectivity index (χ0) is 13.5. The number of hydrogen-bond donors (Lipinski definition) is 1. The molecule has 0 bridgehead atoms. The van der Waals surface area contributed by atoms with E-state index in [1.807, 2.05) is 6.08 Å². The van der Waals surface area contributed by atoms with E-state index in [9.17, 15) is 9.59 Å². The Balaban J connectivity index is 2.56. The Hall–Kier alpha value is -1.27. The zero-order valence-corrected chi connectivity index (χ0v) is 11.6. The maximum absolute atomic E-state index is 11.7. The van der Waals surface area contributed by atoms with Crippen LogP contribution >= 0.6 is 11.8 Å². The predicted molar refractivity (Wildman–Crippen MR) is 76.2 cm³/mol. The molecule has 0 fully saturated rings. The first-order valence-electron chi connectivity index (χ1n) is 5.73. The molecule has 0 spiro atoms. The number of rotatable bonds is 7. The molecule has 1 heterocycles. The Labute approximate surface area is 111 Å². The van der Waals surface area contributed by atoms with Crippen molar-refractivity contribution < 1.29 is 0 Å². The van der Waals surface area contributed by atoms with Crippen LogP contribution in [0.1, 0.15) is 5.69 Å². The largest absolute Gasteiger partial charge is 0.330 e. The van der Waals surface area contributed by atoms with Crippen molar-refractivity contribution in [1.29, 1.82) is 0 Å². The third-order valence-electron chi connectivity index (χ3n) is 2.59. The van der Waals surface area contributed by atoms with Gasteiger partial charge in [-0.05, 0) is 0 Å². The van der Waals surface area contributed by atoms with Gasteiger partial charge in [0.25, 0.3) is 5.56 Å². The van der Waals surface area contributed by atoms with Gasteiger partial charge in [-0.15, -0.1) is 6.58 Å². The molecule has 0 radical (unpaired) electrons. The highest BCUT2D eigenvalue weighted by Gasteiger charge is 2.04. The minimum absolute atomic E-state index is 0.268. The summed E-state index contributed by atoms with van der Waals surface area (Å²) in [7, 11) is 3.15. The average Bonchev–Trinajstić information content (AvgIpc) is 2.37. The number of thioether (sulfide) groups is 1. The molecule has 0 amide bonds. The summed E-state index contributed by atoms with van der Waals surface area (Å²) >= 11 is 1.79. The van der Waals surface area contributed by atoms with Crippen LogP contribution in [0.5, 0.6) is 0 Å². The monoisotopic (exact) mass is 269 g/mol. The van der Waals surface area contributed by atoms with E-state index in [4.69, 9.17) is 0 Å². The Bertz CT molecular complexity index is 519. The van der Waals surface area contributed by atoms with Crippen LogP contribution in [0.25, 0.3) is 0 Å². The first kappa shape index (κ1) is 14.8. The van der Waals surface area contributed by atoms with Gasteiger partial charge in [-0.25, -0.2) is 4.79 Å². The van der Waals surface area contributed by atoms with Gasteiger partial charge in [0.2, 0.25) is 0 Å². The van der Waals surface area contributed by atoms with Crippen LogP contribution in [-0.4, -0.2) is 27.2 Å². The average molecular weight is 269 g/mol. The van der Waals surface area contributed by atoms with Crippen molar-refractivity contribution in [3.63, 3.8) is 0 Å². The third-order valence-corrected chi connectivity index (χ3v) is 3.55. The van der Waals surface area contributed by atoms with Crippen molar-refractivity contribution in [2.45, 2.75) is 6.54 Å². The van der Waals surface area contributed by atoms with Crippen LogP contribution in [0.4, 0.5) is 0 Å². The van der Waals surface area contributed by atoms with Gasteiger partial charge in [0, 0.05) is 50.5 Å². The molecule has 1 aromatic heterocycles. The van der Waals surface area contributed by atoms with Gasteiger partial charge in [-0.2, -0.15) is 11.8 Å². The van der Waals surface area contributed by atoms with Crippen LogP contribution in [0.3, 0.4) is 0 Å². The standard InChI is InChI=1S/C12H19N3O2S/c1-4-6-18-7-5-13-9-10-8-11(16)15(3)12(17)14(10)2/h4,8,13H,1,5-7,9H2,2-3H3. The normalized spacial score (nSPS) is 10.6. The summed E-state index contributed by atoms with van der Waals surface area (Å²) in [4.78, 5) is 23.2. The predicted octanol–water partition coefficient (Wildman–Crippen LogP) is 0.0928. The smallest absolute Gasteiger partial charge is 0.310 e. The molecule has 0 atom stereocenters. The number of nitrogens with zero attached hydrogens (tertiary/aromatic N) is 2. The molecule has 1 N–H and O–H groups in total. The highest BCUT2D eigenvalue weighted by atomic mass is 32.2. The number of aromatic nitrogens is 2. The molecule has 0 saturated carbocycles. The van der Waals surface area contributed by atoms with E-state index in [2.05, 4.69) is 11.9 Å². The fourth-order valence-corrected chi connectivity index (χ4v) is 2.10. The molecule has 18 heavy (non-hydrogen) atoms. The van der Waals surface area contributed by atoms with Crippen LogP contribution in [0, 0.1) is 0 Å². The van der Waals surface area contributed by atoms with Gasteiger partial charge >= 0.3 is 5.69 Å². The number of hydrogen-bond acceptors (Lipinski definition) is 4. The second kappa shape index (κ2) is 7.23. The quantitative estimate of drug-likeness (QED) is 0.563. The molecule has 0 aromatic carbocycles. The summed E-state index contributed by atoms with van der Waals surface area (Å²) in [5, 5.41) is 3.21. The molecule has 1 aromatic rings. The van der Waals surface area contributed by atoms with Gasteiger partial charge in [-0.1, -0.05) is 6.08 Å². The van der Waals surface area contributed by atoms with E-state index in [-0.39, 0.29) is 11.2 Å². The maximum Gasteiger partial charge on any atom is 0.330 e. The van der Waals surface area contributed by atoms with E-state index in [0.717, 1.165) is 22.6 Å². The lowest BCUT2D eigenvalue weighted by Gasteiger charge is -2.10. The molecule has 5 nitrogen and oxygen atoms in total. The highest BCUT2D eigenvalue weighted by Crippen LogP contribution is 1.97. The van der Waals surface area contributed by atoms with Gasteiger partial charge < -0.3 is 5.32 Å². The Kier molecular flexibility index (Phi) is 5.94. The molecule has 6 heteroatoms. The summed E-state index contributed by atoms with van der Waals surface area (Å²) in [5.41, 5.74) is 0.146. The fraction of sp³-hybridized carbons (Fsp3) is 0.500. The molecule has 0 aliphatic heterocycles. The third kappa shape index (κ3) is 3.89. The van der Waals surface area contributed by atoms with Gasteiger partial charge in [0.05, 0.1) is 0 Å². The van der Waals surface area contributed by atoms with Crippen LogP contribution < -0.4 is 16.6 Å². The first-order chi connectivity index (χ1) is 8.57. The lowest BCUT2D eigenvalue weighted by atomic mass is 10.4. The Morgan fingerprint density at radius 1 is 1.39 bits per heavy atom. The lowest BCUT2D eigenvalue weighted by molar-refractivity contribution is 0.613. The first-order valence-corrected chi connectivity index (χ1v) is 6.88. The van der Waals surface area contributed by atoms with E-state index in [1.54, 1.807) is 18.8 Å². The summed E-state index contributed by atoms with van der Waals surface area (Å²) in [5.74, 6) is 1.91. The molecule has 0 aliphatic carbocycles. The minimum Gasteiger partial charge on any atom is -0.310 e. The summed E-state index contributed by atoms with van der Waals surface area (Å²) in [6.07, 6.45) is 1.87. The molecular weight excluding hydrogens is 250 g/mol. The summed E-state index contributed by atoms with van der Waals surface area (Å²) in [6.45, 7) is 5.01. The molecule has 1 rings (SSSR count). The highest BCUT2D eigenvalue weighted by molar-refractivity contribution is 7.99. The van der Waals surface area contributed by atoms with Crippen molar-refractivity contribution in [1.82, 2.24) is 14.5 Å². The topological polar surface area (TPSA) is 56.0 Å². The van der Waals surface area contributed by atoms with E-state index in [0.29, 0.717) is 12.2 Å². The van der Waals surface area contributed by atoms with Crippen LogP contribution in [0.15, 0.2) is 28.3 Å². The Morgan fingerprint density at radius 3 is 2.78 bits per heavy atom. The van der Waals surface area contributed by atoms with Gasteiger partial charge in [0.1, 0.15) is 0 Å². The number of nitrogens with one attached hydrogen (secondary N) is 1. The fourth-order valence-electron chi connectivity index (χ4n) is 1.48. The molecule has 100 valence electrons. The van der Waals surface area contributed by atoms with Gasteiger partial charge in [0.15, 0.2) is 0 Å². The van der Waals surface area contributed by atoms with Crippen LogP contribution in [-0.2, 0) is 20.6 Å². The van der Waals surface area contributed by atoms with E-state index in [1.165, 1.54) is 17.7 Å². The van der Waals surface area contributed by atoms with E-state index < -0.39 is 0 Å². The zero-order valence-electron chi connectivity index (χ0n) is 10.8. The van der Waals surface area contributed by atoms with Crippen molar-refractivity contribution >= 4 is 11.8 Å². The SMILES string of the molecule is C=CCSCCNCc1cc(=O)n(C)c(=O)n1C. The molecular formula is C12H19N3O2S. The van der Waals surface area contributed by atoms with Gasteiger partial charge in [-0.3, -0.25) is 13.9 Å². The van der Waals surface area contributed by atoms with Crippen molar-refractivity contribution in [3.8, 4) is 0 Å². The Morgan fingerprint density at radius 2 is 2.11 bits per heavy atom. The molecule has 0 aliphatic rings. The van der Waals surface area contributed by atoms with Crippen LogP contribution in [0.2, 0.25) is 0 Å². The summed E-state index contributed by atoms with van der Waals surface area (Å²) in [6, 6.07) is 1.49. The molecule has 0 unspecified atom stereocenters. The second-order valence-corrected chi connectivity index (χ2v) is 5.06. The summed E-state index contributed by atoms with van der Waals surface area (Å²) < 4.78 is 2.59. The maximum atomic E-state index is 11.7. The molecule has 0 saturated heterocycles. The second-order valence-electron chi connectivity index (χ2n) is 3.91. The van der Waals surface area contributed by atoms with Crippen molar-refractivity contribution in [2.24, 2.45) is 14.1 Å². The lowest BCUT2D eigenvalue weighted by Crippen LogP contribution is -2.39.